The number of amides is 1. The van der Waals surface area contributed by atoms with Crippen LogP contribution in [0.2, 0.25) is 5.02 Å². The van der Waals surface area contributed by atoms with Gasteiger partial charge in [0.25, 0.3) is 0 Å². The second kappa shape index (κ2) is 6.23. The molecule has 5 nitrogen and oxygen atoms in total. The summed E-state index contributed by atoms with van der Waals surface area (Å²) in [6.45, 7) is 0.390. The Hall–Kier alpha value is -2.27. The highest BCUT2D eigenvalue weighted by Gasteiger charge is 2.27. The topological polar surface area (TPSA) is 60.5 Å². The first-order valence-corrected chi connectivity index (χ1v) is 7.24. The number of methoxy groups -OCH3 is 1. The van der Waals surface area contributed by atoms with Gasteiger partial charge in [0.1, 0.15) is 18.1 Å². The molecule has 0 spiro atoms. The average molecular weight is 319 g/mol. The van der Waals surface area contributed by atoms with Crippen molar-refractivity contribution in [1.29, 1.82) is 0 Å². The van der Waals surface area contributed by atoms with Gasteiger partial charge in [-0.15, -0.1) is 0 Å². The molecule has 0 radical (unpaired) electrons. The highest BCUT2D eigenvalue weighted by atomic mass is 35.5. The molecular weight excluding hydrogens is 304 g/mol. The number of pyridine rings is 1. The van der Waals surface area contributed by atoms with Crippen molar-refractivity contribution in [2.75, 3.05) is 13.7 Å². The molecular formula is C16H15ClN2O3. The van der Waals surface area contributed by atoms with Crippen molar-refractivity contribution in [3.8, 4) is 11.5 Å². The molecule has 1 aromatic carbocycles. The fourth-order valence-electron chi connectivity index (χ4n) is 2.40. The first-order chi connectivity index (χ1) is 10.7. The Labute approximate surface area is 133 Å². The lowest BCUT2D eigenvalue weighted by Gasteiger charge is -2.12. The van der Waals surface area contributed by atoms with Crippen LogP contribution >= 0.6 is 11.6 Å². The van der Waals surface area contributed by atoms with E-state index in [0.29, 0.717) is 23.1 Å². The molecule has 0 aliphatic carbocycles. The van der Waals surface area contributed by atoms with Crippen LogP contribution in [-0.4, -0.2) is 24.6 Å². The van der Waals surface area contributed by atoms with Crippen molar-refractivity contribution < 1.29 is 14.3 Å². The van der Waals surface area contributed by atoms with Crippen molar-refractivity contribution in [3.63, 3.8) is 0 Å². The number of fused-ring (bicyclic) bond motifs is 1. The standard InChI is InChI=1S/C16H15ClN2O3/c1-21-11-6-5-10(18-8-11)7-15(20)19-13-9-22-14-4-2-3-12(17)16(13)14/h2-6,8,13H,7,9H2,1H3,(H,19,20). The van der Waals surface area contributed by atoms with Crippen LogP contribution in [0.3, 0.4) is 0 Å². The third-order valence-electron chi connectivity index (χ3n) is 3.48. The van der Waals surface area contributed by atoms with E-state index < -0.39 is 0 Å². The number of nitrogens with one attached hydrogen (secondary N) is 1. The number of nitrogens with zero attached hydrogens (tertiary/aromatic N) is 1. The van der Waals surface area contributed by atoms with Gasteiger partial charge in [0.15, 0.2) is 0 Å². The number of halogens is 1. The summed E-state index contributed by atoms with van der Waals surface area (Å²) in [4.78, 5) is 16.3. The molecule has 2 heterocycles. The number of hydrogen-bond acceptors (Lipinski definition) is 4. The lowest BCUT2D eigenvalue weighted by Crippen LogP contribution is -2.31. The quantitative estimate of drug-likeness (QED) is 0.941. The smallest absolute Gasteiger partial charge is 0.226 e. The number of aromatic nitrogens is 1. The van der Waals surface area contributed by atoms with Gasteiger partial charge in [0.05, 0.1) is 25.8 Å². The molecule has 22 heavy (non-hydrogen) atoms. The van der Waals surface area contributed by atoms with E-state index in [2.05, 4.69) is 10.3 Å². The van der Waals surface area contributed by atoms with Crippen molar-refractivity contribution in [3.05, 3.63) is 52.8 Å². The zero-order chi connectivity index (χ0) is 15.5. The maximum atomic E-state index is 12.2. The summed E-state index contributed by atoms with van der Waals surface area (Å²) < 4.78 is 10.6. The summed E-state index contributed by atoms with van der Waals surface area (Å²) in [5.74, 6) is 1.26. The molecule has 1 amide bonds. The van der Waals surface area contributed by atoms with Gasteiger partial charge in [0, 0.05) is 16.3 Å². The zero-order valence-electron chi connectivity index (χ0n) is 12.0. The first kappa shape index (κ1) is 14.7. The predicted octanol–water partition coefficient (Wildman–Crippen LogP) is 2.54. The van der Waals surface area contributed by atoms with E-state index in [1.54, 1.807) is 31.5 Å². The summed E-state index contributed by atoms with van der Waals surface area (Å²) in [6, 6.07) is 8.78. The summed E-state index contributed by atoms with van der Waals surface area (Å²) in [5.41, 5.74) is 1.51. The molecule has 114 valence electrons. The van der Waals surface area contributed by atoms with Crippen LogP contribution < -0.4 is 14.8 Å². The second-order valence-electron chi connectivity index (χ2n) is 4.95. The van der Waals surface area contributed by atoms with Crippen LogP contribution in [0.25, 0.3) is 0 Å². The van der Waals surface area contributed by atoms with Gasteiger partial charge in [-0.2, -0.15) is 0 Å². The Morgan fingerprint density at radius 1 is 1.45 bits per heavy atom. The number of benzene rings is 1. The SMILES string of the molecule is COc1ccc(CC(=O)NC2COc3cccc(Cl)c32)nc1. The normalized spacial score (nSPS) is 15.8. The van der Waals surface area contributed by atoms with Crippen LogP contribution in [-0.2, 0) is 11.2 Å². The van der Waals surface area contributed by atoms with E-state index >= 15 is 0 Å². The van der Waals surface area contributed by atoms with Crippen molar-refractivity contribution in [2.24, 2.45) is 0 Å². The summed E-state index contributed by atoms with van der Waals surface area (Å²) in [6.07, 6.45) is 1.79. The molecule has 6 heteroatoms. The van der Waals surface area contributed by atoms with Crippen molar-refractivity contribution >= 4 is 17.5 Å². The van der Waals surface area contributed by atoms with Gasteiger partial charge in [-0.3, -0.25) is 9.78 Å². The molecule has 1 aliphatic heterocycles. The molecule has 3 rings (SSSR count). The number of hydrogen-bond donors (Lipinski definition) is 1. The minimum atomic E-state index is -0.227. The molecule has 1 N–H and O–H groups in total. The van der Waals surface area contributed by atoms with Gasteiger partial charge in [-0.05, 0) is 24.3 Å². The molecule has 0 fully saturated rings. The molecule has 1 aromatic heterocycles. The lowest BCUT2D eigenvalue weighted by atomic mass is 10.1. The van der Waals surface area contributed by atoms with Gasteiger partial charge in [-0.25, -0.2) is 0 Å². The third-order valence-corrected chi connectivity index (χ3v) is 3.81. The van der Waals surface area contributed by atoms with E-state index in [1.807, 2.05) is 12.1 Å². The van der Waals surface area contributed by atoms with E-state index in [-0.39, 0.29) is 18.4 Å². The van der Waals surface area contributed by atoms with Crippen LogP contribution in [0.4, 0.5) is 0 Å². The molecule has 1 atom stereocenters. The maximum Gasteiger partial charge on any atom is 0.226 e. The van der Waals surface area contributed by atoms with E-state index in [4.69, 9.17) is 21.1 Å². The fraction of sp³-hybridized carbons (Fsp3) is 0.250. The molecule has 0 bridgehead atoms. The summed E-state index contributed by atoms with van der Waals surface area (Å²) >= 11 is 6.18. The lowest BCUT2D eigenvalue weighted by molar-refractivity contribution is -0.121. The Kier molecular flexibility index (Phi) is 4.15. The monoisotopic (exact) mass is 318 g/mol. The largest absolute Gasteiger partial charge is 0.495 e. The van der Waals surface area contributed by atoms with Gasteiger partial charge in [0.2, 0.25) is 5.91 Å². The average Bonchev–Trinajstić information content (AvgIpc) is 2.92. The summed E-state index contributed by atoms with van der Waals surface area (Å²) in [7, 11) is 1.57. The predicted molar refractivity (Wildman–Crippen MR) is 82.3 cm³/mol. The van der Waals surface area contributed by atoms with Crippen LogP contribution in [0.15, 0.2) is 36.5 Å². The number of carbonyl (C=O) groups excluding carboxylic acids is 1. The molecule has 0 saturated heterocycles. The van der Waals surface area contributed by atoms with Crippen molar-refractivity contribution in [2.45, 2.75) is 12.5 Å². The maximum absolute atomic E-state index is 12.2. The van der Waals surface area contributed by atoms with E-state index in [0.717, 1.165) is 11.3 Å². The second-order valence-corrected chi connectivity index (χ2v) is 5.36. The molecule has 0 saturated carbocycles. The Bertz CT molecular complexity index is 688. The minimum Gasteiger partial charge on any atom is -0.495 e. The number of rotatable bonds is 4. The van der Waals surface area contributed by atoms with Crippen LogP contribution in [0, 0.1) is 0 Å². The number of carbonyl (C=O) groups is 1. The molecule has 2 aromatic rings. The van der Waals surface area contributed by atoms with Crippen LogP contribution in [0.1, 0.15) is 17.3 Å². The van der Waals surface area contributed by atoms with Gasteiger partial charge < -0.3 is 14.8 Å². The zero-order valence-corrected chi connectivity index (χ0v) is 12.8. The fourth-order valence-corrected chi connectivity index (χ4v) is 2.70. The molecule has 1 aliphatic rings. The Morgan fingerprint density at radius 2 is 2.32 bits per heavy atom. The Balaban J connectivity index is 1.66. The summed E-state index contributed by atoms with van der Waals surface area (Å²) in [5, 5.41) is 3.53. The van der Waals surface area contributed by atoms with Crippen LogP contribution in [0.5, 0.6) is 11.5 Å². The van der Waals surface area contributed by atoms with Gasteiger partial charge in [-0.1, -0.05) is 17.7 Å². The van der Waals surface area contributed by atoms with E-state index in [1.165, 1.54) is 0 Å². The molecule has 1 unspecified atom stereocenters. The highest BCUT2D eigenvalue weighted by Crippen LogP contribution is 2.37. The highest BCUT2D eigenvalue weighted by molar-refractivity contribution is 6.31. The third kappa shape index (κ3) is 2.99. The first-order valence-electron chi connectivity index (χ1n) is 6.87. The van der Waals surface area contributed by atoms with E-state index in [9.17, 15) is 4.79 Å². The Morgan fingerprint density at radius 3 is 3.05 bits per heavy atom. The van der Waals surface area contributed by atoms with Gasteiger partial charge >= 0.3 is 0 Å². The van der Waals surface area contributed by atoms with Crippen molar-refractivity contribution in [1.82, 2.24) is 10.3 Å². The minimum absolute atomic E-state index is 0.126. The number of ether oxygens (including phenoxy) is 2.